The van der Waals surface area contributed by atoms with Crippen LogP contribution in [0.25, 0.3) is 5.69 Å². The first kappa shape index (κ1) is 21.6. The number of nitro groups is 1. The highest BCUT2D eigenvalue weighted by Gasteiger charge is 2.18. The first-order valence-electron chi connectivity index (χ1n) is 10.8. The molecule has 0 atom stereocenters. The van der Waals surface area contributed by atoms with Crippen LogP contribution in [0.5, 0.6) is 0 Å². The summed E-state index contributed by atoms with van der Waals surface area (Å²) >= 11 is 0. The van der Waals surface area contributed by atoms with E-state index in [1.54, 1.807) is 19.1 Å². The summed E-state index contributed by atoms with van der Waals surface area (Å²) in [7, 11) is 0. The fourth-order valence-electron chi connectivity index (χ4n) is 3.93. The van der Waals surface area contributed by atoms with Crippen molar-refractivity contribution in [1.82, 2.24) is 25.2 Å². The summed E-state index contributed by atoms with van der Waals surface area (Å²) in [4.78, 5) is 25.7. The summed E-state index contributed by atoms with van der Waals surface area (Å²) in [5.41, 5.74) is 3.42. The third kappa shape index (κ3) is 5.00. The van der Waals surface area contributed by atoms with Gasteiger partial charge in [0.05, 0.1) is 16.3 Å². The lowest BCUT2D eigenvalue weighted by Gasteiger charge is -2.26. The maximum absolute atomic E-state index is 12.6. The molecule has 0 spiro atoms. The molecule has 0 bridgehead atoms. The summed E-state index contributed by atoms with van der Waals surface area (Å²) in [6, 6.07) is 14.3. The molecule has 32 heavy (non-hydrogen) atoms. The fourth-order valence-corrected chi connectivity index (χ4v) is 3.93. The van der Waals surface area contributed by atoms with Gasteiger partial charge in [0.1, 0.15) is 0 Å². The van der Waals surface area contributed by atoms with Crippen molar-refractivity contribution in [2.75, 3.05) is 13.1 Å². The van der Waals surface area contributed by atoms with Gasteiger partial charge in [-0.05, 0) is 50.0 Å². The molecule has 9 nitrogen and oxygen atoms in total. The normalized spacial score (nSPS) is 14.3. The van der Waals surface area contributed by atoms with Gasteiger partial charge in [-0.3, -0.25) is 19.8 Å². The first-order chi connectivity index (χ1) is 15.5. The topological polar surface area (TPSA) is 106 Å². The van der Waals surface area contributed by atoms with Crippen molar-refractivity contribution in [3.63, 3.8) is 0 Å². The van der Waals surface area contributed by atoms with E-state index in [0.29, 0.717) is 17.9 Å². The van der Waals surface area contributed by atoms with E-state index in [0.717, 1.165) is 25.2 Å². The Balaban J connectivity index is 1.37. The molecule has 0 radical (unpaired) electrons. The highest BCUT2D eigenvalue weighted by Crippen LogP contribution is 2.18. The number of carbonyl (C=O) groups excluding carboxylic acids is 1. The van der Waals surface area contributed by atoms with Gasteiger partial charge in [-0.15, -0.1) is 5.10 Å². The van der Waals surface area contributed by atoms with Gasteiger partial charge in [0, 0.05) is 25.2 Å². The van der Waals surface area contributed by atoms with E-state index in [-0.39, 0.29) is 17.3 Å². The molecular formula is C23H26N6O3. The molecule has 1 fully saturated rings. The Bertz CT molecular complexity index is 1100. The van der Waals surface area contributed by atoms with E-state index in [9.17, 15) is 14.9 Å². The molecule has 0 aliphatic carbocycles. The Morgan fingerprint density at radius 2 is 1.81 bits per heavy atom. The summed E-state index contributed by atoms with van der Waals surface area (Å²) < 4.78 is 1.43. The molecule has 1 aliphatic rings. The number of hydrogen-bond acceptors (Lipinski definition) is 6. The number of carbonyl (C=O) groups is 1. The minimum Gasteiger partial charge on any atom is -0.347 e. The summed E-state index contributed by atoms with van der Waals surface area (Å²) in [5, 5.41) is 21.9. The SMILES string of the molecule is Cc1c(C(=O)NCc2ccc(CN3CCCCC3)cc2)nnn1-c1cccc([N+](=O)[O-])c1. The van der Waals surface area contributed by atoms with Crippen molar-refractivity contribution in [3.05, 3.63) is 81.2 Å². The summed E-state index contributed by atoms with van der Waals surface area (Å²) in [5.74, 6) is -0.337. The summed E-state index contributed by atoms with van der Waals surface area (Å²) in [6.45, 7) is 5.38. The van der Waals surface area contributed by atoms with Gasteiger partial charge >= 0.3 is 0 Å². The predicted octanol–water partition coefficient (Wildman–Crippen LogP) is 3.40. The van der Waals surface area contributed by atoms with Gasteiger partial charge in [0.15, 0.2) is 5.69 Å². The maximum atomic E-state index is 12.6. The van der Waals surface area contributed by atoms with Crippen LogP contribution in [0.2, 0.25) is 0 Å². The number of piperidine rings is 1. The van der Waals surface area contributed by atoms with Crippen molar-refractivity contribution in [2.24, 2.45) is 0 Å². The predicted molar refractivity (Wildman–Crippen MR) is 119 cm³/mol. The second kappa shape index (κ2) is 9.69. The van der Waals surface area contributed by atoms with Crippen molar-refractivity contribution >= 4 is 11.6 Å². The highest BCUT2D eigenvalue weighted by atomic mass is 16.6. The molecule has 1 aliphatic heterocycles. The second-order valence-corrected chi connectivity index (χ2v) is 8.05. The van der Waals surface area contributed by atoms with E-state index in [1.165, 1.54) is 41.6 Å². The average Bonchev–Trinajstić information content (AvgIpc) is 3.20. The lowest BCUT2D eigenvalue weighted by Crippen LogP contribution is -2.29. The Hall–Kier alpha value is -3.59. The number of non-ortho nitro benzene ring substituents is 1. The van der Waals surface area contributed by atoms with E-state index >= 15 is 0 Å². The smallest absolute Gasteiger partial charge is 0.274 e. The van der Waals surface area contributed by atoms with Crippen LogP contribution in [0.1, 0.15) is 46.6 Å². The zero-order valence-electron chi connectivity index (χ0n) is 18.0. The maximum Gasteiger partial charge on any atom is 0.274 e. The molecule has 2 aromatic carbocycles. The number of rotatable bonds is 7. The second-order valence-electron chi connectivity index (χ2n) is 8.05. The van der Waals surface area contributed by atoms with Crippen LogP contribution in [0.15, 0.2) is 48.5 Å². The molecule has 9 heteroatoms. The van der Waals surface area contributed by atoms with E-state index in [2.05, 4.69) is 32.7 Å². The number of amides is 1. The van der Waals surface area contributed by atoms with Gasteiger partial charge in [0.25, 0.3) is 11.6 Å². The summed E-state index contributed by atoms with van der Waals surface area (Å²) in [6.07, 6.45) is 3.87. The molecule has 1 aromatic heterocycles. The highest BCUT2D eigenvalue weighted by molar-refractivity contribution is 5.93. The number of nitrogens with one attached hydrogen (secondary N) is 1. The standard InChI is InChI=1S/C23H26N6O3/c1-17-22(25-26-28(17)20-6-5-7-21(14-20)29(31)32)23(30)24-15-18-8-10-19(11-9-18)16-27-12-3-2-4-13-27/h5-11,14H,2-4,12-13,15-16H2,1H3,(H,24,30). The van der Waals surface area contributed by atoms with Crippen LogP contribution < -0.4 is 5.32 Å². The molecule has 1 amide bonds. The zero-order valence-corrected chi connectivity index (χ0v) is 18.0. The van der Waals surface area contributed by atoms with Crippen LogP contribution in [-0.4, -0.2) is 43.8 Å². The van der Waals surface area contributed by atoms with Crippen molar-refractivity contribution < 1.29 is 9.72 Å². The van der Waals surface area contributed by atoms with Gasteiger partial charge in [0.2, 0.25) is 0 Å². The number of nitrogens with zero attached hydrogens (tertiary/aromatic N) is 5. The lowest BCUT2D eigenvalue weighted by molar-refractivity contribution is -0.384. The molecule has 4 rings (SSSR count). The molecule has 0 unspecified atom stereocenters. The number of aromatic nitrogens is 3. The van der Waals surface area contributed by atoms with Gasteiger partial charge in [-0.1, -0.05) is 42.0 Å². The van der Waals surface area contributed by atoms with E-state index in [4.69, 9.17) is 0 Å². The largest absolute Gasteiger partial charge is 0.347 e. The Morgan fingerprint density at radius 3 is 2.53 bits per heavy atom. The monoisotopic (exact) mass is 434 g/mol. The molecular weight excluding hydrogens is 408 g/mol. The van der Waals surface area contributed by atoms with Gasteiger partial charge in [-0.2, -0.15) is 0 Å². The lowest BCUT2D eigenvalue weighted by atomic mass is 10.1. The van der Waals surface area contributed by atoms with Crippen molar-refractivity contribution in [3.8, 4) is 5.69 Å². The molecule has 1 N–H and O–H groups in total. The van der Waals surface area contributed by atoms with Crippen LogP contribution in [0.4, 0.5) is 5.69 Å². The van der Waals surface area contributed by atoms with E-state index in [1.807, 2.05) is 12.1 Å². The Labute approximate surface area is 186 Å². The number of likely N-dealkylation sites (tertiary alicyclic amines) is 1. The Morgan fingerprint density at radius 1 is 1.09 bits per heavy atom. The minimum atomic E-state index is -0.471. The number of benzene rings is 2. The first-order valence-corrected chi connectivity index (χ1v) is 10.8. The molecule has 166 valence electrons. The fraction of sp³-hybridized carbons (Fsp3) is 0.348. The minimum absolute atomic E-state index is 0.0489. The third-order valence-corrected chi connectivity index (χ3v) is 5.73. The molecule has 1 saturated heterocycles. The third-order valence-electron chi connectivity index (χ3n) is 5.73. The van der Waals surface area contributed by atoms with Crippen molar-refractivity contribution in [2.45, 2.75) is 39.3 Å². The molecule has 2 heterocycles. The van der Waals surface area contributed by atoms with E-state index < -0.39 is 4.92 Å². The number of nitro benzene ring substituents is 1. The van der Waals surface area contributed by atoms with Crippen LogP contribution >= 0.6 is 0 Å². The number of hydrogen-bond donors (Lipinski definition) is 1. The molecule has 3 aromatic rings. The van der Waals surface area contributed by atoms with Crippen molar-refractivity contribution in [1.29, 1.82) is 0 Å². The van der Waals surface area contributed by atoms with Crippen LogP contribution in [-0.2, 0) is 13.1 Å². The van der Waals surface area contributed by atoms with Gasteiger partial charge in [-0.25, -0.2) is 4.68 Å². The Kier molecular flexibility index (Phi) is 6.55. The molecule has 0 saturated carbocycles. The average molecular weight is 435 g/mol. The van der Waals surface area contributed by atoms with Gasteiger partial charge < -0.3 is 5.32 Å². The van der Waals surface area contributed by atoms with Crippen LogP contribution in [0, 0.1) is 17.0 Å². The zero-order chi connectivity index (χ0) is 22.5. The quantitative estimate of drug-likeness (QED) is 0.451. The van der Waals surface area contributed by atoms with Crippen LogP contribution in [0.3, 0.4) is 0 Å².